The van der Waals surface area contributed by atoms with Crippen LogP contribution in [0.3, 0.4) is 0 Å². The van der Waals surface area contributed by atoms with Crippen molar-refractivity contribution in [2.24, 2.45) is 5.92 Å². The average molecular weight is 269 g/mol. The maximum Gasteiger partial charge on any atom is 0.0510 e. The predicted octanol–water partition coefficient (Wildman–Crippen LogP) is 1.03. The fraction of sp³-hybridized carbons (Fsp3) is 1.00. The van der Waals surface area contributed by atoms with Crippen LogP contribution in [0.15, 0.2) is 0 Å². The van der Waals surface area contributed by atoms with E-state index in [1.807, 2.05) is 0 Å². The molecule has 0 aromatic heterocycles. The van der Waals surface area contributed by atoms with Crippen LogP contribution in [-0.2, 0) is 4.74 Å². The summed E-state index contributed by atoms with van der Waals surface area (Å²) in [5.74, 6) is 0.710. The molecule has 4 heteroatoms. The topological polar surface area (TPSA) is 27.7 Å². The molecule has 2 aliphatic rings. The Morgan fingerprint density at radius 2 is 2.21 bits per heavy atom. The van der Waals surface area contributed by atoms with E-state index in [9.17, 15) is 0 Å². The molecule has 0 radical (unpaired) electrons. The van der Waals surface area contributed by atoms with Crippen molar-refractivity contribution in [1.29, 1.82) is 0 Å². The number of hydrogen-bond donors (Lipinski definition) is 1. The summed E-state index contributed by atoms with van der Waals surface area (Å²) in [7, 11) is 2.24. The van der Waals surface area contributed by atoms with Gasteiger partial charge in [-0.3, -0.25) is 4.90 Å². The van der Waals surface area contributed by atoms with Gasteiger partial charge in [0.1, 0.15) is 0 Å². The van der Waals surface area contributed by atoms with Gasteiger partial charge in [0.2, 0.25) is 0 Å². The summed E-state index contributed by atoms with van der Waals surface area (Å²) < 4.78 is 5.58. The third-order valence-corrected chi connectivity index (χ3v) is 4.69. The third kappa shape index (κ3) is 4.42. The Kier molecular flexibility index (Phi) is 6.07. The minimum Gasteiger partial charge on any atom is -0.381 e. The van der Waals surface area contributed by atoms with Gasteiger partial charge in [0, 0.05) is 50.8 Å². The highest BCUT2D eigenvalue weighted by molar-refractivity contribution is 4.85. The van der Waals surface area contributed by atoms with E-state index in [0.29, 0.717) is 18.0 Å². The van der Waals surface area contributed by atoms with Crippen molar-refractivity contribution in [2.45, 2.75) is 38.8 Å². The lowest BCUT2D eigenvalue weighted by atomic mass is 9.97. The van der Waals surface area contributed by atoms with Crippen LogP contribution in [0.1, 0.15) is 26.7 Å². The molecule has 4 nitrogen and oxygen atoms in total. The van der Waals surface area contributed by atoms with Crippen LogP contribution in [0.5, 0.6) is 0 Å². The van der Waals surface area contributed by atoms with Gasteiger partial charge in [-0.2, -0.15) is 0 Å². The summed E-state index contributed by atoms with van der Waals surface area (Å²) in [6.45, 7) is 12.4. The molecule has 3 unspecified atom stereocenters. The van der Waals surface area contributed by atoms with Crippen LogP contribution in [-0.4, -0.2) is 74.9 Å². The summed E-state index contributed by atoms with van der Waals surface area (Å²) in [6, 6.07) is 1.29. The fourth-order valence-electron chi connectivity index (χ4n) is 3.15. The molecule has 19 heavy (non-hydrogen) atoms. The summed E-state index contributed by atoms with van der Waals surface area (Å²) in [6.07, 6.45) is 2.44. The fourth-order valence-corrected chi connectivity index (χ4v) is 3.15. The van der Waals surface area contributed by atoms with Gasteiger partial charge in [-0.25, -0.2) is 0 Å². The van der Waals surface area contributed by atoms with Gasteiger partial charge in [0.25, 0.3) is 0 Å². The summed E-state index contributed by atoms with van der Waals surface area (Å²) in [5, 5.41) is 3.75. The highest BCUT2D eigenvalue weighted by Crippen LogP contribution is 2.19. The van der Waals surface area contributed by atoms with Gasteiger partial charge in [0.05, 0.1) is 6.61 Å². The summed E-state index contributed by atoms with van der Waals surface area (Å²) >= 11 is 0. The molecule has 0 bridgehead atoms. The van der Waals surface area contributed by atoms with Gasteiger partial charge in [0.15, 0.2) is 0 Å². The van der Waals surface area contributed by atoms with Crippen LogP contribution in [0, 0.1) is 5.92 Å². The SMILES string of the molecule is CCCNC(CN1CCN(C)C(C)C1)C1CCOC1. The first-order chi connectivity index (χ1) is 9.20. The zero-order valence-electron chi connectivity index (χ0n) is 12.9. The highest BCUT2D eigenvalue weighted by Gasteiger charge is 2.29. The number of nitrogens with one attached hydrogen (secondary N) is 1. The van der Waals surface area contributed by atoms with E-state index in [4.69, 9.17) is 4.74 Å². The first-order valence-electron chi connectivity index (χ1n) is 7.94. The molecular formula is C15H31N3O. The van der Waals surface area contributed by atoms with Crippen molar-refractivity contribution in [3.05, 3.63) is 0 Å². The largest absolute Gasteiger partial charge is 0.381 e. The van der Waals surface area contributed by atoms with Crippen molar-refractivity contribution in [1.82, 2.24) is 15.1 Å². The number of nitrogens with zero attached hydrogens (tertiary/aromatic N) is 2. The predicted molar refractivity (Wildman–Crippen MR) is 79.5 cm³/mol. The lowest BCUT2D eigenvalue weighted by Crippen LogP contribution is -2.54. The van der Waals surface area contributed by atoms with Gasteiger partial charge < -0.3 is 15.0 Å². The van der Waals surface area contributed by atoms with Crippen LogP contribution >= 0.6 is 0 Å². The molecule has 2 rings (SSSR count). The highest BCUT2D eigenvalue weighted by atomic mass is 16.5. The van der Waals surface area contributed by atoms with E-state index in [0.717, 1.165) is 19.8 Å². The van der Waals surface area contributed by atoms with E-state index in [2.05, 4.69) is 36.0 Å². The standard InChI is InChI=1S/C15H31N3O/c1-4-6-16-15(14-5-9-19-12-14)11-18-8-7-17(3)13(2)10-18/h13-16H,4-12H2,1-3H3. The van der Waals surface area contributed by atoms with E-state index >= 15 is 0 Å². The van der Waals surface area contributed by atoms with Crippen molar-refractivity contribution >= 4 is 0 Å². The first kappa shape index (κ1) is 15.2. The van der Waals surface area contributed by atoms with Gasteiger partial charge in [-0.05, 0) is 33.4 Å². The Hall–Kier alpha value is -0.160. The van der Waals surface area contributed by atoms with Crippen LogP contribution in [0.2, 0.25) is 0 Å². The molecule has 0 amide bonds. The molecule has 2 aliphatic heterocycles. The monoisotopic (exact) mass is 269 g/mol. The first-order valence-corrected chi connectivity index (χ1v) is 7.94. The van der Waals surface area contributed by atoms with E-state index in [-0.39, 0.29) is 0 Å². The lowest BCUT2D eigenvalue weighted by molar-refractivity contribution is 0.0869. The van der Waals surface area contributed by atoms with Crippen LogP contribution in [0.4, 0.5) is 0 Å². The second kappa shape index (κ2) is 7.58. The molecule has 112 valence electrons. The zero-order chi connectivity index (χ0) is 13.7. The van der Waals surface area contributed by atoms with Crippen LogP contribution in [0.25, 0.3) is 0 Å². The Morgan fingerprint density at radius 3 is 2.84 bits per heavy atom. The Labute approximate surface area is 118 Å². The number of likely N-dealkylation sites (N-methyl/N-ethyl adjacent to an activating group) is 1. The van der Waals surface area contributed by atoms with Crippen molar-refractivity contribution in [2.75, 3.05) is 53.0 Å². The van der Waals surface area contributed by atoms with Gasteiger partial charge >= 0.3 is 0 Å². The van der Waals surface area contributed by atoms with Crippen molar-refractivity contribution in [3.8, 4) is 0 Å². The molecule has 2 fully saturated rings. The molecule has 0 saturated carbocycles. The number of hydrogen-bond acceptors (Lipinski definition) is 4. The summed E-state index contributed by atoms with van der Waals surface area (Å²) in [4.78, 5) is 5.10. The molecule has 0 aliphatic carbocycles. The second-order valence-corrected chi connectivity index (χ2v) is 6.27. The normalized spacial score (nSPS) is 31.7. The molecule has 2 heterocycles. The van der Waals surface area contributed by atoms with Crippen LogP contribution < -0.4 is 5.32 Å². The average Bonchev–Trinajstić information content (AvgIpc) is 2.92. The Bertz CT molecular complexity index is 256. The number of rotatable bonds is 6. The Morgan fingerprint density at radius 1 is 1.37 bits per heavy atom. The minimum absolute atomic E-state index is 0.609. The lowest BCUT2D eigenvalue weighted by Gasteiger charge is -2.40. The molecule has 1 N–H and O–H groups in total. The van der Waals surface area contributed by atoms with E-state index < -0.39 is 0 Å². The van der Waals surface area contributed by atoms with E-state index in [1.54, 1.807) is 0 Å². The molecule has 3 atom stereocenters. The maximum atomic E-state index is 5.58. The quantitative estimate of drug-likeness (QED) is 0.779. The maximum absolute atomic E-state index is 5.58. The van der Waals surface area contributed by atoms with Gasteiger partial charge in [-0.1, -0.05) is 6.92 Å². The summed E-state index contributed by atoms with van der Waals surface area (Å²) in [5.41, 5.74) is 0. The molecular weight excluding hydrogens is 238 g/mol. The Balaban J connectivity index is 1.84. The molecule has 0 aromatic carbocycles. The van der Waals surface area contributed by atoms with Gasteiger partial charge in [-0.15, -0.1) is 0 Å². The molecule has 0 spiro atoms. The number of ether oxygens (including phenoxy) is 1. The van der Waals surface area contributed by atoms with E-state index in [1.165, 1.54) is 39.0 Å². The third-order valence-electron chi connectivity index (χ3n) is 4.69. The zero-order valence-corrected chi connectivity index (χ0v) is 12.9. The smallest absolute Gasteiger partial charge is 0.0510 e. The van der Waals surface area contributed by atoms with Crippen molar-refractivity contribution < 1.29 is 4.74 Å². The van der Waals surface area contributed by atoms with Crippen molar-refractivity contribution in [3.63, 3.8) is 0 Å². The minimum atomic E-state index is 0.609. The molecule has 2 saturated heterocycles. The number of piperazine rings is 1. The second-order valence-electron chi connectivity index (χ2n) is 6.27. The molecule has 0 aromatic rings.